The molecule has 1 spiro atoms. The summed E-state index contributed by atoms with van der Waals surface area (Å²) in [6.45, 7) is 2.42. The number of piperidine rings is 1. The van der Waals surface area contributed by atoms with Crippen molar-refractivity contribution in [2.45, 2.75) is 18.3 Å². The van der Waals surface area contributed by atoms with E-state index in [2.05, 4.69) is 50.4 Å². The van der Waals surface area contributed by atoms with Crippen LogP contribution < -0.4 is 4.90 Å². The highest BCUT2D eigenvalue weighted by molar-refractivity contribution is 5.93. The highest BCUT2D eigenvalue weighted by Crippen LogP contribution is 2.49. The molecular formula is C22H21N5O. The number of para-hydroxylation sites is 1. The molecule has 1 saturated heterocycles. The van der Waals surface area contributed by atoms with Crippen molar-refractivity contribution in [2.24, 2.45) is 0 Å². The quantitative estimate of drug-likeness (QED) is 0.692. The standard InChI is InChI=1S/C22H21N5O/c28-21(17-7-11-24-25-14-17)26-12-8-22(9-13-26)16-27(18-4-3-10-23-15-18)20-6-2-1-5-19(20)22/h1-7,10-11,14-15H,8-9,12-13,16H2. The molecule has 0 unspecified atom stereocenters. The lowest BCUT2D eigenvalue weighted by Gasteiger charge is -2.40. The van der Waals surface area contributed by atoms with Crippen LogP contribution in [0.2, 0.25) is 0 Å². The summed E-state index contributed by atoms with van der Waals surface area (Å²) in [5, 5.41) is 7.60. The van der Waals surface area contributed by atoms with Gasteiger partial charge in [0.25, 0.3) is 5.91 Å². The maximum Gasteiger partial charge on any atom is 0.255 e. The van der Waals surface area contributed by atoms with Crippen LogP contribution in [-0.2, 0) is 5.41 Å². The van der Waals surface area contributed by atoms with Crippen LogP contribution in [0, 0.1) is 0 Å². The van der Waals surface area contributed by atoms with E-state index in [1.54, 1.807) is 24.7 Å². The number of carbonyl (C=O) groups is 1. The smallest absolute Gasteiger partial charge is 0.255 e. The maximum absolute atomic E-state index is 12.8. The minimum Gasteiger partial charge on any atom is -0.339 e. The number of aromatic nitrogens is 3. The van der Waals surface area contributed by atoms with Gasteiger partial charge < -0.3 is 9.80 Å². The first-order chi connectivity index (χ1) is 13.8. The zero-order chi connectivity index (χ0) is 19.0. The molecule has 0 aliphatic carbocycles. The fourth-order valence-corrected chi connectivity index (χ4v) is 4.54. The molecule has 28 heavy (non-hydrogen) atoms. The Morgan fingerprint density at radius 3 is 2.54 bits per heavy atom. The van der Waals surface area contributed by atoms with Crippen LogP contribution in [0.15, 0.2) is 67.3 Å². The predicted molar refractivity (Wildman–Crippen MR) is 107 cm³/mol. The Bertz CT molecular complexity index is 984. The van der Waals surface area contributed by atoms with E-state index in [4.69, 9.17) is 0 Å². The third-order valence-corrected chi connectivity index (χ3v) is 6.02. The van der Waals surface area contributed by atoms with Gasteiger partial charge in [-0.25, -0.2) is 0 Å². The molecule has 0 radical (unpaired) electrons. The number of anilines is 2. The minimum atomic E-state index is 0.0418. The van der Waals surface area contributed by atoms with E-state index >= 15 is 0 Å². The molecule has 0 bridgehead atoms. The lowest BCUT2D eigenvalue weighted by molar-refractivity contribution is 0.0674. The summed E-state index contributed by atoms with van der Waals surface area (Å²) in [5.41, 5.74) is 4.44. The molecule has 2 aromatic heterocycles. The Balaban J connectivity index is 1.41. The van der Waals surface area contributed by atoms with E-state index in [1.165, 1.54) is 11.3 Å². The van der Waals surface area contributed by atoms with E-state index in [1.807, 2.05) is 17.2 Å². The molecule has 0 atom stereocenters. The van der Waals surface area contributed by atoms with Crippen molar-refractivity contribution >= 4 is 17.3 Å². The molecule has 3 aromatic rings. The molecule has 1 aromatic carbocycles. The normalized spacial score (nSPS) is 17.6. The first kappa shape index (κ1) is 16.9. The van der Waals surface area contributed by atoms with Crippen molar-refractivity contribution in [1.82, 2.24) is 20.1 Å². The summed E-state index contributed by atoms with van der Waals surface area (Å²) < 4.78 is 0. The summed E-state index contributed by atoms with van der Waals surface area (Å²) in [5.74, 6) is 0.0418. The van der Waals surface area contributed by atoms with Gasteiger partial charge in [0.1, 0.15) is 0 Å². The lowest BCUT2D eigenvalue weighted by atomic mass is 9.74. The number of pyridine rings is 1. The SMILES string of the molecule is O=C(c1ccnnc1)N1CCC2(CC1)CN(c1cccnc1)c1ccccc12. The molecule has 4 heterocycles. The van der Waals surface area contributed by atoms with Gasteiger partial charge >= 0.3 is 0 Å². The number of hydrogen-bond donors (Lipinski definition) is 0. The van der Waals surface area contributed by atoms with Crippen molar-refractivity contribution in [2.75, 3.05) is 24.5 Å². The topological polar surface area (TPSA) is 62.2 Å². The predicted octanol–water partition coefficient (Wildman–Crippen LogP) is 3.20. The Hall–Kier alpha value is -3.28. The maximum atomic E-state index is 12.8. The first-order valence-electron chi connectivity index (χ1n) is 9.60. The van der Waals surface area contributed by atoms with Crippen molar-refractivity contribution in [3.8, 4) is 0 Å². The second-order valence-corrected chi connectivity index (χ2v) is 7.52. The molecule has 0 saturated carbocycles. The summed E-state index contributed by atoms with van der Waals surface area (Å²) in [7, 11) is 0. The number of nitrogens with zero attached hydrogens (tertiary/aromatic N) is 5. The number of benzene rings is 1. The van der Waals surface area contributed by atoms with Crippen LogP contribution in [0.5, 0.6) is 0 Å². The number of amides is 1. The lowest BCUT2D eigenvalue weighted by Crippen LogP contribution is -2.46. The third kappa shape index (κ3) is 2.72. The minimum absolute atomic E-state index is 0.0418. The van der Waals surface area contributed by atoms with Crippen LogP contribution in [0.4, 0.5) is 11.4 Å². The average molecular weight is 371 g/mol. The van der Waals surface area contributed by atoms with Crippen molar-refractivity contribution < 1.29 is 4.79 Å². The molecule has 2 aliphatic rings. The van der Waals surface area contributed by atoms with Crippen molar-refractivity contribution in [3.05, 3.63) is 78.4 Å². The van der Waals surface area contributed by atoms with E-state index in [0.717, 1.165) is 38.2 Å². The molecular weight excluding hydrogens is 350 g/mol. The number of likely N-dealkylation sites (tertiary alicyclic amines) is 1. The molecule has 1 amide bonds. The van der Waals surface area contributed by atoms with E-state index < -0.39 is 0 Å². The highest BCUT2D eigenvalue weighted by atomic mass is 16.2. The number of carbonyl (C=O) groups excluding carboxylic acids is 1. The average Bonchev–Trinajstić information content (AvgIpc) is 3.09. The monoisotopic (exact) mass is 371 g/mol. The summed E-state index contributed by atoms with van der Waals surface area (Å²) in [6, 6.07) is 14.5. The second-order valence-electron chi connectivity index (χ2n) is 7.52. The van der Waals surface area contributed by atoms with Crippen LogP contribution in [0.25, 0.3) is 0 Å². The molecule has 1 fully saturated rings. The molecule has 6 heteroatoms. The Morgan fingerprint density at radius 1 is 0.929 bits per heavy atom. The second kappa shape index (κ2) is 6.71. The summed E-state index contributed by atoms with van der Waals surface area (Å²) in [6.07, 6.45) is 8.74. The zero-order valence-electron chi connectivity index (χ0n) is 15.5. The largest absolute Gasteiger partial charge is 0.339 e. The molecule has 140 valence electrons. The highest BCUT2D eigenvalue weighted by Gasteiger charge is 2.45. The van der Waals surface area contributed by atoms with Gasteiger partial charge in [-0.2, -0.15) is 10.2 Å². The first-order valence-corrected chi connectivity index (χ1v) is 9.60. The van der Waals surface area contributed by atoms with Gasteiger partial charge in [-0.15, -0.1) is 0 Å². The van der Waals surface area contributed by atoms with E-state index in [-0.39, 0.29) is 11.3 Å². The fraction of sp³-hybridized carbons (Fsp3) is 0.273. The fourth-order valence-electron chi connectivity index (χ4n) is 4.54. The van der Waals surface area contributed by atoms with Gasteiger partial charge in [0, 0.05) is 36.9 Å². The van der Waals surface area contributed by atoms with Gasteiger partial charge in [0.05, 0.1) is 29.8 Å². The van der Waals surface area contributed by atoms with Gasteiger partial charge in [0.15, 0.2) is 0 Å². The number of hydrogen-bond acceptors (Lipinski definition) is 5. The van der Waals surface area contributed by atoms with Gasteiger partial charge in [-0.05, 0) is 42.7 Å². The van der Waals surface area contributed by atoms with Gasteiger partial charge in [0.2, 0.25) is 0 Å². The molecule has 0 N–H and O–H groups in total. The van der Waals surface area contributed by atoms with Gasteiger partial charge in [-0.3, -0.25) is 9.78 Å². The Kier molecular flexibility index (Phi) is 4.04. The third-order valence-electron chi connectivity index (χ3n) is 6.02. The van der Waals surface area contributed by atoms with E-state index in [9.17, 15) is 4.79 Å². The zero-order valence-corrected chi connectivity index (χ0v) is 15.5. The molecule has 5 rings (SSSR count). The summed E-state index contributed by atoms with van der Waals surface area (Å²) in [4.78, 5) is 21.4. The summed E-state index contributed by atoms with van der Waals surface area (Å²) >= 11 is 0. The Morgan fingerprint density at radius 2 is 1.79 bits per heavy atom. The van der Waals surface area contributed by atoms with Crippen LogP contribution >= 0.6 is 0 Å². The number of fused-ring (bicyclic) bond motifs is 2. The van der Waals surface area contributed by atoms with E-state index in [0.29, 0.717) is 5.56 Å². The Labute approximate surface area is 163 Å². The van der Waals surface area contributed by atoms with Crippen molar-refractivity contribution in [1.29, 1.82) is 0 Å². The van der Waals surface area contributed by atoms with Crippen molar-refractivity contribution in [3.63, 3.8) is 0 Å². The van der Waals surface area contributed by atoms with Gasteiger partial charge in [-0.1, -0.05) is 18.2 Å². The van der Waals surface area contributed by atoms with Crippen LogP contribution in [0.1, 0.15) is 28.8 Å². The van der Waals surface area contributed by atoms with Crippen LogP contribution in [-0.4, -0.2) is 45.6 Å². The molecule has 6 nitrogen and oxygen atoms in total. The molecule has 2 aliphatic heterocycles. The number of rotatable bonds is 2. The van der Waals surface area contributed by atoms with Crippen LogP contribution in [0.3, 0.4) is 0 Å².